The smallest absolute Gasteiger partial charge is 0.0623 e. The van der Waals surface area contributed by atoms with Crippen molar-refractivity contribution in [1.29, 1.82) is 0 Å². The summed E-state index contributed by atoms with van der Waals surface area (Å²) in [5.41, 5.74) is 1.45. The second kappa shape index (κ2) is 8.00. The van der Waals surface area contributed by atoms with Crippen LogP contribution in [-0.2, 0) is 0 Å². The molecule has 0 aliphatic heterocycles. The molecule has 0 atom stereocenters. The van der Waals surface area contributed by atoms with Crippen LogP contribution in [0.2, 0.25) is 0 Å². The largest absolute Gasteiger partial charge is 0.179 e. The standard InChI is InChI=1S/C27H26Si/c1-22(2)26-20-12-13-21-27(26)28(23-14-6-3-7-15-23,24-16-8-4-9-17-24)25-18-10-5-11-19-25/h3-22H,1-2H3. The van der Waals surface area contributed by atoms with Crippen LogP contribution < -0.4 is 20.7 Å². The lowest BCUT2D eigenvalue weighted by molar-refractivity contribution is 0.873. The van der Waals surface area contributed by atoms with Crippen LogP contribution in [-0.4, -0.2) is 8.07 Å². The first-order valence-corrected chi connectivity index (χ1v) is 12.0. The Morgan fingerprint density at radius 2 is 0.821 bits per heavy atom. The lowest BCUT2D eigenvalue weighted by Gasteiger charge is -2.36. The van der Waals surface area contributed by atoms with Crippen molar-refractivity contribution in [3.63, 3.8) is 0 Å². The van der Waals surface area contributed by atoms with Crippen LogP contribution in [0.5, 0.6) is 0 Å². The van der Waals surface area contributed by atoms with Gasteiger partial charge in [0.1, 0.15) is 0 Å². The highest BCUT2D eigenvalue weighted by Gasteiger charge is 2.42. The predicted octanol–water partition coefficient (Wildman–Crippen LogP) is 4.19. The fourth-order valence-corrected chi connectivity index (χ4v) is 9.53. The van der Waals surface area contributed by atoms with E-state index in [2.05, 4.69) is 129 Å². The molecule has 0 N–H and O–H groups in total. The minimum absolute atomic E-state index is 0.471. The van der Waals surface area contributed by atoms with E-state index >= 15 is 0 Å². The van der Waals surface area contributed by atoms with E-state index in [4.69, 9.17) is 0 Å². The Labute approximate surface area is 169 Å². The third-order valence-electron chi connectivity index (χ3n) is 5.61. The normalized spacial score (nSPS) is 11.5. The number of hydrogen-bond acceptors (Lipinski definition) is 0. The molecule has 4 aromatic rings. The Bertz CT molecular complexity index is 925. The maximum Gasteiger partial charge on any atom is 0.179 e. The van der Waals surface area contributed by atoms with Crippen LogP contribution >= 0.6 is 0 Å². The summed E-state index contributed by atoms with van der Waals surface area (Å²) in [6.45, 7) is 4.61. The highest BCUT2D eigenvalue weighted by molar-refractivity contribution is 7.20. The summed E-state index contributed by atoms with van der Waals surface area (Å²) >= 11 is 0. The Morgan fingerprint density at radius 3 is 1.21 bits per heavy atom. The summed E-state index contributed by atoms with van der Waals surface area (Å²) in [6, 6.07) is 42.5. The highest BCUT2D eigenvalue weighted by atomic mass is 28.3. The molecule has 0 amide bonds. The molecule has 4 rings (SSSR count). The molecule has 4 aromatic carbocycles. The van der Waals surface area contributed by atoms with Gasteiger partial charge in [-0.25, -0.2) is 0 Å². The fraction of sp³-hybridized carbons (Fsp3) is 0.111. The van der Waals surface area contributed by atoms with Crippen LogP contribution in [0.1, 0.15) is 25.3 Å². The molecule has 0 fully saturated rings. The van der Waals surface area contributed by atoms with E-state index in [1.807, 2.05) is 0 Å². The van der Waals surface area contributed by atoms with Crippen molar-refractivity contribution < 1.29 is 0 Å². The maximum absolute atomic E-state index is 2.41. The quantitative estimate of drug-likeness (QED) is 0.361. The van der Waals surface area contributed by atoms with Gasteiger partial charge in [0.05, 0.1) is 0 Å². The lowest BCUT2D eigenvalue weighted by atomic mass is 10.0. The number of rotatable bonds is 5. The van der Waals surface area contributed by atoms with Gasteiger partial charge in [-0.2, -0.15) is 0 Å². The molecule has 0 spiro atoms. The molecular weight excluding hydrogens is 352 g/mol. The molecule has 0 bridgehead atoms. The second-order valence-corrected chi connectivity index (χ2v) is 11.4. The van der Waals surface area contributed by atoms with Crippen LogP contribution in [0.15, 0.2) is 115 Å². The Balaban J connectivity index is 2.18. The van der Waals surface area contributed by atoms with Crippen molar-refractivity contribution >= 4 is 28.8 Å². The van der Waals surface area contributed by atoms with Gasteiger partial charge in [0.2, 0.25) is 0 Å². The molecule has 138 valence electrons. The molecule has 0 nitrogen and oxygen atoms in total. The Kier molecular flexibility index (Phi) is 5.27. The van der Waals surface area contributed by atoms with Crippen LogP contribution in [0, 0.1) is 0 Å². The van der Waals surface area contributed by atoms with Crippen molar-refractivity contribution in [3.05, 3.63) is 121 Å². The van der Waals surface area contributed by atoms with E-state index in [1.165, 1.54) is 26.3 Å². The van der Waals surface area contributed by atoms with Gasteiger partial charge < -0.3 is 0 Å². The SMILES string of the molecule is CC(C)c1ccccc1[Si](c1ccccc1)(c1ccccc1)c1ccccc1. The topological polar surface area (TPSA) is 0 Å². The molecule has 1 heteroatoms. The monoisotopic (exact) mass is 378 g/mol. The minimum atomic E-state index is -2.41. The maximum atomic E-state index is 2.37. The fourth-order valence-electron chi connectivity index (χ4n) is 4.37. The molecule has 0 aromatic heterocycles. The number of hydrogen-bond donors (Lipinski definition) is 0. The van der Waals surface area contributed by atoms with Crippen LogP contribution in [0.25, 0.3) is 0 Å². The summed E-state index contributed by atoms with van der Waals surface area (Å²) in [5.74, 6) is 0.471. The molecular formula is C27H26Si. The van der Waals surface area contributed by atoms with Crippen molar-refractivity contribution in [2.45, 2.75) is 19.8 Å². The summed E-state index contributed by atoms with van der Waals surface area (Å²) < 4.78 is 0. The summed E-state index contributed by atoms with van der Waals surface area (Å²) in [4.78, 5) is 0. The number of benzene rings is 4. The van der Waals surface area contributed by atoms with Gasteiger partial charge in [-0.05, 0) is 32.2 Å². The Morgan fingerprint density at radius 1 is 0.464 bits per heavy atom. The third kappa shape index (κ3) is 3.12. The van der Waals surface area contributed by atoms with E-state index in [9.17, 15) is 0 Å². The highest BCUT2D eigenvalue weighted by Crippen LogP contribution is 2.17. The van der Waals surface area contributed by atoms with E-state index in [1.54, 1.807) is 0 Å². The lowest BCUT2D eigenvalue weighted by Crippen LogP contribution is -2.75. The van der Waals surface area contributed by atoms with Crippen molar-refractivity contribution in [3.8, 4) is 0 Å². The zero-order valence-electron chi connectivity index (χ0n) is 16.5. The molecule has 0 aliphatic carbocycles. The van der Waals surface area contributed by atoms with Crippen molar-refractivity contribution in [2.24, 2.45) is 0 Å². The van der Waals surface area contributed by atoms with Gasteiger partial charge in [-0.3, -0.25) is 0 Å². The summed E-state index contributed by atoms with van der Waals surface area (Å²) in [7, 11) is -2.41. The first-order valence-electron chi connectivity index (χ1n) is 10.0. The third-order valence-corrected chi connectivity index (χ3v) is 10.5. The van der Waals surface area contributed by atoms with Crippen LogP contribution in [0.4, 0.5) is 0 Å². The van der Waals surface area contributed by atoms with Crippen LogP contribution in [0.3, 0.4) is 0 Å². The summed E-state index contributed by atoms with van der Waals surface area (Å²) in [5, 5.41) is 5.79. The molecule has 0 aliphatic rings. The van der Waals surface area contributed by atoms with Gasteiger partial charge >= 0.3 is 0 Å². The van der Waals surface area contributed by atoms with Gasteiger partial charge in [-0.1, -0.05) is 129 Å². The molecule has 0 unspecified atom stereocenters. The first kappa shape index (κ1) is 18.5. The molecule has 0 heterocycles. The zero-order chi connectivity index (χ0) is 19.4. The average Bonchev–Trinajstić information content (AvgIpc) is 2.77. The zero-order valence-corrected chi connectivity index (χ0v) is 17.5. The van der Waals surface area contributed by atoms with E-state index < -0.39 is 8.07 Å². The minimum Gasteiger partial charge on any atom is -0.0623 e. The molecule has 0 saturated carbocycles. The van der Waals surface area contributed by atoms with E-state index in [0.29, 0.717) is 5.92 Å². The second-order valence-electron chi connectivity index (χ2n) is 7.59. The molecule has 0 radical (unpaired) electrons. The van der Waals surface area contributed by atoms with Crippen molar-refractivity contribution in [2.75, 3.05) is 0 Å². The van der Waals surface area contributed by atoms with Crippen molar-refractivity contribution in [1.82, 2.24) is 0 Å². The van der Waals surface area contributed by atoms with Gasteiger partial charge in [0.25, 0.3) is 0 Å². The predicted molar refractivity (Wildman–Crippen MR) is 124 cm³/mol. The van der Waals surface area contributed by atoms with Gasteiger partial charge in [-0.15, -0.1) is 0 Å². The van der Waals surface area contributed by atoms with E-state index in [0.717, 1.165) is 0 Å². The van der Waals surface area contributed by atoms with E-state index in [-0.39, 0.29) is 0 Å². The van der Waals surface area contributed by atoms with Gasteiger partial charge in [0, 0.05) is 0 Å². The average molecular weight is 379 g/mol. The Hall–Kier alpha value is -2.90. The summed E-state index contributed by atoms with van der Waals surface area (Å²) in [6.07, 6.45) is 0. The first-order chi connectivity index (χ1) is 13.7. The van der Waals surface area contributed by atoms with Gasteiger partial charge in [0.15, 0.2) is 8.07 Å². The molecule has 28 heavy (non-hydrogen) atoms. The molecule has 0 saturated heterocycles.